The van der Waals surface area contributed by atoms with E-state index < -0.39 is 17.7 Å². The maximum Gasteiger partial charge on any atom is 0.329 e. The Morgan fingerprint density at radius 3 is 2.26 bits per heavy atom. The smallest absolute Gasteiger partial charge is 0.329 e. The highest BCUT2D eigenvalue weighted by molar-refractivity contribution is 6.39. The lowest BCUT2D eigenvalue weighted by molar-refractivity contribution is -0.136. The topological polar surface area (TPSA) is 118 Å². The molecule has 0 spiro atoms. The van der Waals surface area contributed by atoms with E-state index in [9.17, 15) is 14.4 Å². The van der Waals surface area contributed by atoms with Crippen molar-refractivity contribution in [2.45, 2.75) is 0 Å². The Morgan fingerprint density at radius 1 is 0.886 bits per heavy atom. The van der Waals surface area contributed by atoms with Gasteiger partial charge in [-0.2, -0.15) is 5.10 Å². The molecule has 3 amide bonds. The number of amides is 3. The zero-order valence-corrected chi connectivity index (χ0v) is 19.9. The van der Waals surface area contributed by atoms with Crippen molar-refractivity contribution in [2.24, 2.45) is 5.10 Å². The molecule has 0 aliphatic rings. The lowest BCUT2D eigenvalue weighted by atomic mass is 10.2. The van der Waals surface area contributed by atoms with Crippen LogP contribution in [0.25, 0.3) is 0 Å². The van der Waals surface area contributed by atoms with Gasteiger partial charge in [-0.3, -0.25) is 14.4 Å². The van der Waals surface area contributed by atoms with Crippen LogP contribution in [0.4, 0.5) is 11.4 Å². The number of hydrogen-bond donors (Lipinski definition) is 3. The first kappa shape index (κ1) is 25.5. The van der Waals surface area contributed by atoms with E-state index in [0.717, 1.165) is 0 Å². The Morgan fingerprint density at radius 2 is 1.54 bits per heavy atom. The Balaban J connectivity index is 1.55. The van der Waals surface area contributed by atoms with E-state index in [-0.39, 0.29) is 6.61 Å². The second-order valence-corrected chi connectivity index (χ2v) is 7.76. The van der Waals surface area contributed by atoms with Crippen molar-refractivity contribution in [3.63, 3.8) is 0 Å². The van der Waals surface area contributed by atoms with Gasteiger partial charge in [0.05, 0.1) is 19.0 Å². The fraction of sp³-hybridized carbons (Fsp3) is 0.0833. The van der Waals surface area contributed by atoms with Gasteiger partial charge in [0.2, 0.25) is 0 Å². The lowest BCUT2D eigenvalue weighted by Crippen LogP contribution is -2.32. The molecule has 3 rings (SSSR count). The molecule has 3 aromatic rings. The molecule has 3 N–H and O–H groups in total. The fourth-order valence-electron chi connectivity index (χ4n) is 2.82. The van der Waals surface area contributed by atoms with Crippen LogP contribution in [0.3, 0.4) is 0 Å². The third-order valence-electron chi connectivity index (χ3n) is 4.36. The quantitative estimate of drug-likeness (QED) is 0.237. The molecule has 0 aliphatic carbocycles. The average molecular weight is 515 g/mol. The number of carbonyl (C=O) groups is 3. The third-order valence-corrected chi connectivity index (χ3v) is 4.79. The van der Waals surface area contributed by atoms with E-state index >= 15 is 0 Å². The van der Waals surface area contributed by atoms with Crippen LogP contribution in [0.2, 0.25) is 10.0 Å². The van der Waals surface area contributed by atoms with Crippen LogP contribution in [0.1, 0.15) is 5.56 Å². The molecule has 0 bridgehead atoms. The summed E-state index contributed by atoms with van der Waals surface area (Å²) in [6, 6.07) is 18.0. The molecule has 35 heavy (non-hydrogen) atoms. The minimum absolute atomic E-state index is 0.303. The number of carbonyl (C=O) groups excluding carboxylic acids is 3. The molecular weight excluding hydrogens is 495 g/mol. The van der Waals surface area contributed by atoms with Crippen molar-refractivity contribution in [1.82, 2.24) is 5.43 Å². The summed E-state index contributed by atoms with van der Waals surface area (Å²) in [5.41, 5.74) is 3.39. The van der Waals surface area contributed by atoms with Crippen molar-refractivity contribution in [2.75, 3.05) is 24.4 Å². The van der Waals surface area contributed by atoms with Gasteiger partial charge in [0, 0.05) is 21.3 Å². The van der Waals surface area contributed by atoms with Gasteiger partial charge in [-0.05, 0) is 42.5 Å². The summed E-state index contributed by atoms with van der Waals surface area (Å²) in [4.78, 5) is 36.4. The SMILES string of the molecule is COc1ccccc1NC(=O)C(=O)N/N=C/c1ccccc1OCC(=O)Nc1cc(Cl)cc(Cl)c1. The first-order chi connectivity index (χ1) is 16.9. The fourth-order valence-corrected chi connectivity index (χ4v) is 3.35. The molecule has 0 saturated heterocycles. The van der Waals surface area contributed by atoms with Crippen molar-refractivity contribution < 1.29 is 23.9 Å². The maximum atomic E-state index is 12.2. The number of hydrogen-bond acceptors (Lipinski definition) is 6. The van der Waals surface area contributed by atoms with Crippen LogP contribution >= 0.6 is 23.2 Å². The number of para-hydroxylation sites is 3. The Bertz CT molecular complexity index is 1250. The highest BCUT2D eigenvalue weighted by Crippen LogP contribution is 2.23. The van der Waals surface area contributed by atoms with Crippen molar-refractivity contribution in [1.29, 1.82) is 0 Å². The molecule has 0 atom stereocenters. The van der Waals surface area contributed by atoms with Crippen molar-refractivity contribution in [3.8, 4) is 11.5 Å². The van der Waals surface area contributed by atoms with E-state index in [4.69, 9.17) is 32.7 Å². The van der Waals surface area contributed by atoms with Crippen LogP contribution in [-0.2, 0) is 14.4 Å². The normalized spacial score (nSPS) is 10.5. The van der Waals surface area contributed by atoms with Gasteiger partial charge in [-0.15, -0.1) is 0 Å². The largest absolute Gasteiger partial charge is 0.495 e. The summed E-state index contributed by atoms with van der Waals surface area (Å²) in [6.07, 6.45) is 1.29. The maximum absolute atomic E-state index is 12.2. The molecule has 0 aliphatic heterocycles. The lowest BCUT2D eigenvalue weighted by Gasteiger charge is -2.10. The Kier molecular flexibility index (Phi) is 9.05. The highest BCUT2D eigenvalue weighted by atomic mass is 35.5. The number of nitrogens with zero attached hydrogens (tertiary/aromatic N) is 1. The van der Waals surface area contributed by atoms with Gasteiger partial charge in [-0.1, -0.05) is 47.5 Å². The van der Waals surface area contributed by atoms with E-state index in [1.807, 2.05) is 0 Å². The minimum Gasteiger partial charge on any atom is -0.495 e. The number of benzene rings is 3. The summed E-state index contributed by atoms with van der Waals surface area (Å²) in [6.45, 7) is -0.303. The second kappa shape index (κ2) is 12.4. The highest BCUT2D eigenvalue weighted by Gasteiger charge is 2.15. The van der Waals surface area contributed by atoms with E-state index in [0.29, 0.717) is 38.5 Å². The van der Waals surface area contributed by atoms with Crippen LogP contribution in [0.5, 0.6) is 11.5 Å². The van der Waals surface area contributed by atoms with Crippen LogP contribution in [0, 0.1) is 0 Å². The predicted molar refractivity (Wildman–Crippen MR) is 134 cm³/mol. The molecule has 0 aromatic heterocycles. The van der Waals surface area contributed by atoms with Gasteiger partial charge in [-0.25, -0.2) is 5.43 Å². The molecule has 0 saturated carbocycles. The molecular formula is C24H20Cl2N4O5. The summed E-state index contributed by atoms with van der Waals surface area (Å²) in [5.74, 6) is -1.59. The first-order valence-corrected chi connectivity index (χ1v) is 10.9. The molecule has 11 heteroatoms. The zero-order valence-electron chi connectivity index (χ0n) is 18.4. The molecule has 0 fully saturated rings. The molecule has 3 aromatic carbocycles. The minimum atomic E-state index is -0.981. The monoisotopic (exact) mass is 514 g/mol. The van der Waals surface area contributed by atoms with Crippen molar-refractivity contribution in [3.05, 3.63) is 82.3 Å². The van der Waals surface area contributed by atoms with Crippen LogP contribution < -0.4 is 25.5 Å². The zero-order chi connectivity index (χ0) is 25.2. The van der Waals surface area contributed by atoms with E-state index in [1.165, 1.54) is 13.3 Å². The summed E-state index contributed by atoms with van der Waals surface area (Å²) >= 11 is 11.9. The van der Waals surface area contributed by atoms with E-state index in [1.54, 1.807) is 66.7 Å². The van der Waals surface area contributed by atoms with E-state index in [2.05, 4.69) is 21.2 Å². The standard InChI is InChI=1S/C24H20Cl2N4O5/c1-34-21-9-5-3-7-19(21)29-23(32)24(33)30-27-13-15-6-2-4-8-20(15)35-14-22(31)28-18-11-16(25)10-17(26)12-18/h2-13H,14H2,1H3,(H,28,31)(H,29,32)(H,30,33)/b27-13+. The number of rotatable bonds is 8. The van der Waals surface area contributed by atoms with Gasteiger partial charge >= 0.3 is 11.8 Å². The molecule has 0 unspecified atom stereocenters. The summed E-state index contributed by atoms with van der Waals surface area (Å²) in [7, 11) is 1.45. The van der Waals surface area contributed by atoms with Gasteiger partial charge in [0.1, 0.15) is 11.5 Å². The van der Waals surface area contributed by atoms with Gasteiger partial charge < -0.3 is 20.1 Å². The number of ether oxygens (including phenoxy) is 2. The molecule has 180 valence electrons. The van der Waals surface area contributed by atoms with Crippen molar-refractivity contribution >= 4 is 58.5 Å². The molecule has 0 heterocycles. The molecule has 0 radical (unpaired) electrons. The predicted octanol–water partition coefficient (Wildman–Crippen LogP) is 4.11. The number of anilines is 2. The average Bonchev–Trinajstić information content (AvgIpc) is 2.83. The molecule has 9 nitrogen and oxygen atoms in total. The summed E-state index contributed by atoms with van der Waals surface area (Å²) in [5, 5.41) is 9.64. The summed E-state index contributed by atoms with van der Waals surface area (Å²) < 4.78 is 10.7. The Labute approximate surface area is 211 Å². The number of hydrazone groups is 1. The first-order valence-electron chi connectivity index (χ1n) is 10.1. The second-order valence-electron chi connectivity index (χ2n) is 6.89. The number of methoxy groups -OCH3 is 1. The third kappa shape index (κ3) is 7.73. The number of halogens is 2. The van der Waals surface area contributed by atoms with Crippen LogP contribution in [0.15, 0.2) is 71.8 Å². The van der Waals surface area contributed by atoms with Crippen LogP contribution in [-0.4, -0.2) is 37.7 Å². The Hall–Kier alpha value is -4.08. The van der Waals surface area contributed by atoms with Gasteiger partial charge in [0.25, 0.3) is 5.91 Å². The van der Waals surface area contributed by atoms with Gasteiger partial charge in [0.15, 0.2) is 6.61 Å². The number of nitrogens with one attached hydrogen (secondary N) is 3.